The smallest absolute Gasteiger partial charge is 0.240 e. The van der Waals surface area contributed by atoms with Crippen molar-refractivity contribution in [2.45, 2.75) is 23.7 Å². The van der Waals surface area contributed by atoms with Crippen LogP contribution >= 0.6 is 0 Å². The number of sulfonamides is 1. The lowest BCUT2D eigenvalue weighted by Gasteiger charge is -2.18. The first kappa shape index (κ1) is 17.2. The number of nitrogens with one attached hydrogen (secondary N) is 1. The molecule has 2 aromatic carbocycles. The summed E-state index contributed by atoms with van der Waals surface area (Å²) in [4.78, 5) is 14.8. The second-order valence-corrected chi connectivity index (χ2v) is 8.62. The summed E-state index contributed by atoms with van der Waals surface area (Å²) in [6, 6.07) is 11.2. The molecule has 2 aromatic rings. The predicted molar refractivity (Wildman–Crippen MR) is 96.0 cm³/mol. The van der Waals surface area contributed by atoms with Crippen molar-refractivity contribution in [3.8, 4) is 0 Å². The maximum absolute atomic E-state index is 13.1. The van der Waals surface area contributed by atoms with E-state index in [4.69, 9.17) is 0 Å². The molecule has 1 N–H and O–H groups in total. The number of fused-ring (bicyclic) bond motifs is 1. The van der Waals surface area contributed by atoms with Crippen LogP contribution in [0.25, 0.3) is 0 Å². The van der Waals surface area contributed by atoms with Crippen molar-refractivity contribution in [2.24, 2.45) is 5.92 Å². The van der Waals surface area contributed by atoms with E-state index in [9.17, 15) is 17.6 Å². The third-order valence-electron chi connectivity index (χ3n) is 5.20. The van der Waals surface area contributed by atoms with Gasteiger partial charge in [0.15, 0.2) is 0 Å². The lowest BCUT2D eigenvalue weighted by Crippen LogP contribution is -2.31. The molecule has 0 aromatic heterocycles. The van der Waals surface area contributed by atoms with Gasteiger partial charge in [-0.2, -0.15) is 0 Å². The highest BCUT2D eigenvalue weighted by molar-refractivity contribution is 7.89. The highest BCUT2D eigenvalue weighted by atomic mass is 32.2. The van der Waals surface area contributed by atoms with Gasteiger partial charge in [0.2, 0.25) is 15.9 Å². The fraction of sp³-hybridized carbons (Fsp3) is 0.316. The van der Waals surface area contributed by atoms with Crippen LogP contribution in [0.2, 0.25) is 0 Å². The normalized spacial score (nSPS) is 21.5. The summed E-state index contributed by atoms with van der Waals surface area (Å²) in [5, 5.41) is 0. The molecule has 0 bridgehead atoms. The quantitative estimate of drug-likeness (QED) is 0.894. The Bertz CT molecular complexity index is 973. The zero-order valence-corrected chi connectivity index (χ0v) is 15.1. The van der Waals surface area contributed by atoms with Crippen LogP contribution in [0.3, 0.4) is 0 Å². The van der Waals surface area contributed by atoms with Gasteiger partial charge in [0.1, 0.15) is 5.82 Å². The van der Waals surface area contributed by atoms with Crippen molar-refractivity contribution in [1.82, 2.24) is 4.72 Å². The molecule has 7 heteroatoms. The first-order chi connectivity index (χ1) is 12.4. The minimum Gasteiger partial charge on any atom is -0.312 e. The van der Waals surface area contributed by atoms with Crippen molar-refractivity contribution in [3.05, 3.63) is 59.4 Å². The second-order valence-electron chi connectivity index (χ2n) is 6.74. The van der Waals surface area contributed by atoms with Gasteiger partial charge in [-0.25, -0.2) is 17.5 Å². The summed E-state index contributed by atoms with van der Waals surface area (Å²) in [7, 11) is -2.19. The van der Waals surface area contributed by atoms with Crippen LogP contribution in [-0.4, -0.2) is 27.9 Å². The number of carbonyl (C=O) groups excluding carboxylic acids is 1. The van der Waals surface area contributed by atoms with Crippen LogP contribution in [0.15, 0.2) is 47.4 Å². The molecule has 1 aliphatic carbocycles. The molecule has 1 saturated carbocycles. The van der Waals surface area contributed by atoms with Gasteiger partial charge in [-0.1, -0.05) is 18.2 Å². The lowest BCUT2D eigenvalue weighted by molar-refractivity contribution is -0.119. The summed E-state index contributed by atoms with van der Waals surface area (Å²) in [5.41, 5.74) is 2.62. The summed E-state index contributed by atoms with van der Waals surface area (Å²) in [5.74, 6) is -0.298. The molecule has 1 aliphatic heterocycles. The molecule has 1 amide bonds. The molecular weight excluding hydrogens is 355 g/mol. The Morgan fingerprint density at radius 2 is 1.92 bits per heavy atom. The van der Waals surface area contributed by atoms with Gasteiger partial charge >= 0.3 is 0 Å². The Hall–Kier alpha value is -2.25. The minimum absolute atomic E-state index is 0.0112. The first-order valence-corrected chi connectivity index (χ1v) is 10.0. The van der Waals surface area contributed by atoms with E-state index in [2.05, 4.69) is 4.72 Å². The van der Waals surface area contributed by atoms with Crippen LogP contribution in [0, 0.1) is 11.7 Å². The number of nitrogens with zero attached hydrogens (tertiary/aromatic N) is 1. The Balaban J connectivity index is 1.57. The molecule has 26 heavy (non-hydrogen) atoms. The lowest BCUT2D eigenvalue weighted by atomic mass is 10.1. The van der Waals surface area contributed by atoms with Crippen LogP contribution in [0.5, 0.6) is 0 Å². The van der Waals surface area contributed by atoms with Crippen molar-refractivity contribution < 1.29 is 17.6 Å². The maximum Gasteiger partial charge on any atom is 0.240 e. The average molecular weight is 374 g/mol. The van der Waals surface area contributed by atoms with Gasteiger partial charge < -0.3 is 4.90 Å². The molecule has 136 valence electrons. The molecule has 2 atom stereocenters. The SMILES string of the molecule is CNS(=O)(=O)c1ccc2c(c1)N(C(=O)C1CC1c1ccc(F)cc1)CC2. The van der Waals surface area contributed by atoms with Crippen LogP contribution in [-0.2, 0) is 21.2 Å². The highest BCUT2D eigenvalue weighted by Crippen LogP contribution is 2.49. The van der Waals surface area contributed by atoms with Crippen molar-refractivity contribution >= 4 is 21.6 Å². The Kier molecular flexibility index (Phi) is 4.08. The fourth-order valence-electron chi connectivity index (χ4n) is 3.62. The minimum atomic E-state index is -3.55. The van der Waals surface area contributed by atoms with E-state index >= 15 is 0 Å². The first-order valence-electron chi connectivity index (χ1n) is 8.54. The number of halogens is 1. The zero-order valence-electron chi connectivity index (χ0n) is 14.3. The van der Waals surface area contributed by atoms with E-state index in [1.807, 2.05) is 0 Å². The number of rotatable bonds is 4. The molecule has 2 unspecified atom stereocenters. The van der Waals surface area contributed by atoms with Crippen LogP contribution < -0.4 is 9.62 Å². The maximum atomic E-state index is 13.1. The summed E-state index contributed by atoms with van der Waals surface area (Å²) >= 11 is 0. The van der Waals surface area contributed by atoms with E-state index in [1.165, 1.54) is 19.2 Å². The van der Waals surface area contributed by atoms with Gasteiger partial charge in [-0.15, -0.1) is 0 Å². The van der Waals surface area contributed by atoms with Gasteiger partial charge in [-0.05, 0) is 61.2 Å². The number of hydrogen-bond acceptors (Lipinski definition) is 3. The molecule has 0 radical (unpaired) electrons. The van der Waals surface area contributed by atoms with Crippen LogP contribution in [0.4, 0.5) is 10.1 Å². The van der Waals surface area contributed by atoms with Gasteiger partial charge in [0, 0.05) is 18.2 Å². The molecule has 1 heterocycles. The molecule has 2 aliphatic rings. The van der Waals surface area contributed by atoms with Crippen molar-refractivity contribution in [2.75, 3.05) is 18.5 Å². The highest BCUT2D eigenvalue weighted by Gasteiger charge is 2.47. The van der Waals surface area contributed by atoms with Crippen LogP contribution in [0.1, 0.15) is 23.5 Å². The second kappa shape index (κ2) is 6.17. The molecule has 0 saturated heterocycles. The standard InChI is InChI=1S/C19H19FN2O3S/c1-21-26(24,25)15-7-4-13-8-9-22(18(13)10-15)19(23)17-11-16(17)12-2-5-14(20)6-3-12/h2-7,10,16-17,21H,8-9,11H2,1H3. The van der Waals surface area contributed by atoms with E-state index < -0.39 is 10.0 Å². The molecule has 0 spiro atoms. The van der Waals surface area contributed by atoms with E-state index in [0.29, 0.717) is 12.2 Å². The molecule has 5 nitrogen and oxygen atoms in total. The Morgan fingerprint density at radius 3 is 2.62 bits per heavy atom. The predicted octanol–water partition coefficient (Wildman–Crippen LogP) is 2.43. The average Bonchev–Trinajstić information content (AvgIpc) is 3.33. The van der Waals surface area contributed by atoms with Crippen molar-refractivity contribution in [1.29, 1.82) is 0 Å². The number of carbonyl (C=O) groups is 1. The monoisotopic (exact) mass is 374 g/mol. The third kappa shape index (κ3) is 2.91. The summed E-state index contributed by atoms with van der Waals surface area (Å²) < 4.78 is 39.5. The summed E-state index contributed by atoms with van der Waals surface area (Å²) in [6.45, 7) is 0.559. The molecule has 1 fully saturated rings. The van der Waals surface area contributed by atoms with E-state index in [-0.39, 0.29) is 28.5 Å². The fourth-order valence-corrected chi connectivity index (χ4v) is 4.37. The van der Waals surface area contributed by atoms with Gasteiger partial charge in [0.25, 0.3) is 0 Å². The summed E-state index contributed by atoms with van der Waals surface area (Å²) in [6.07, 6.45) is 1.46. The number of hydrogen-bond donors (Lipinski definition) is 1. The molecule has 4 rings (SSSR count). The van der Waals surface area contributed by atoms with E-state index in [0.717, 1.165) is 24.0 Å². The van der Waals surface area contributed by atoms with E-state index in [1.54, 1.807) is 35.2 Å². The number of anilines is 1. The largest absolute Gasteiger partial charge is 0.312 e. The van der Waals surface area contributed by atoms with Gasteiger partial charge in [-0.3, -0.25) is 4.79 Å². The van der Waals surface area contributed by atoms with Gasteiger partial charge in [0.05, 0.1) is 4.90 Å². The molecular formula is C19H19FN2O3S. The van der Waals surface area contributed by atoms with Crippen molar-refractivity contribution in [3.63, 3.8) is 0 Å². The zero-order chi connectivity index (χ0) is 18.5. The Morgan fingerprint density at radius 1 is 1.19 bits per heavy atom. The topological polar surface area (TPSA) is 66.5 Å². The Labute approximate surface area is 151 Å². The third-order valence-corrected chi connectivity index (χ3v) is 6.62. The number of amides is 1. The number of benzene rings is 2.